The van der Waals surface area contributed by atoms with Crippen molar-refractivity contribution in [2.24, 2.45) is 5.73 Å². The summed E-state index contributed by atoms with van der Waals surface area (Å²) < 4.78 is 0. The quantitative estimate of drug-likeness (QED) is 0.681. The molecule has 1 aromatic carbocycles. The summed E-state index contributed by atoms with van der Waals surface area (Å²) in [7, 11) is 0. The summed E-state index contributed by atoms with van der Waals surface area (Å²) in [4.78, 5) is 0. The zero-order valence-corrected chi connectivity index (χ0v) is 11.6. The highest BCUT2D eigenvalue weighted by molar-refractivity contribution is 5.30. The van der Waals surface area contributed by atoms with Crippen molar-refractivity contribution in [1.82, 2.24) is 0 Å². The van der Waals surface area contributed by atoms with Gasteiger partial charge in [-0.05, 0) is 25.8 Å². The van der Waals surface area contributed by atoms with Crippen LogP contribution in [0.3, 0.4) is 0 Å². The molecule has 96 valence electrons. The van der Waals surface area contributed by atoms with Crippen LogP contribution in [-0.4, -0.2) is 0 Å². The Morgan fingerprint density at radius 1 is 0.941 bits per heavy atom. The van der Waals surface area contributed by atoms with Crippen molar-refractivity contribution in [3.05, 3.63) is 34.9 Å². The van der Waals surface area contributed by atoms with Gasteiger partial charge in [0, 0.05) is 6.04 Å². The number of unbranched alkanes of at least 4 members (excludes halogenated alkanes) is 4. The molecule has 1 nitrogen and oxygen atoms in total. The molecule has 0 aliphatic rings. The lowest BCUT2D eigenvalue weighted by molar-refractivity contribution is 0.555. The monoisotopic (exact) mass is 233 g/mol. The Balaban J connectivity index is 2.38. The van der Waals surface area contributed by atoms with Gasteiger partial charge < -0.3 is 5.73 Å². The van der Waals surface area contributed by atoms with E-state index in [2.05, 4.69) is 39.0 Å². The van der Waals surface area contributed by atoms with Gasteiger partial charge in [-0.3, -0.25) is 0 Å². The Labute approximate surface area is 106 Å². The lowest BCUT2D eigenvalue weighted by Crippen LogP contribution is -2.10. The fourth-order valence-corrected chi connectivity index (χ4v) is 2.36. The van der Waals surface area contributed by atoms with Crippen LogP contribution in [0.4, 0.5) is 0 Å². The standard InChI is InChI=1S/C16H27N/c1-4-5-6-7-8-9-16(17)15-11-13(2)10-14(3)12-15/h10-12,16H,4-9,17H2,1-3H3. The molecule has 0 spiro atoms. The molecular weight excluding hydrogens is 206 g/mol. The molecule has 1 unspecified atom stereocenters. The number of nitrogens with two attached hydrogens (primary N) is 1. The molecule has 0 radical (unpaired) electrons. The van der Waals surface area contributed by atoms with Gasteiger partial charge in [0.2, 0.25) is 0 Å². The van der Waals surface area contributed by atoms with Crippen molar-refractivity contribution in [3.63, 3.8) is 0 Å². The third kappa shape index (κ3) is 5.36. The van der Waals surface area contributed by atoms with Gasteiger partial charge in [-0.15, -0.1) is 0 Å². The van der Waals surface area contributed by atoms with Crippen LogP contribution in [0.15, 0.2) is 18.2 Å². The number of hydrogen-bond donors (Lipinski definition) is 1. The molecule has 0 aromatic heterocycles. The van der Waals surface area contributed by atoms with Crippen LogP contribution in [0.1, 0.15) is 68.2 Å². The second-order valence-corrected chi connectivity index (χ2v) is 5.23. The molecule has 17 heavy (non-hydrogen) atoms. The summed E-state index contributed by atoms with van der Waals surface area (Å²) in [5, 5.41) is 0. The summed E-state index contributed by atoms with van der Waals surface area (Å²) in [5.41, 5.74) is 10.2. The first-order chi connectivity index (χ1) is 8.13. The fraction of sp³-hybridized carbons (Fsp3) is 0.625. The zero-order valence-electron chi connectivity index (χ0n) is 11.6. The molecule has 1 rings (SSSR count). The highest BCUT2D eigenvalue weighted by Gasteiger charge is 2.06. The molecule has 0 amide bonds. The summed E-state index contributed by atoms with van der Waals surface area (Å²) in [6, 6.07) is 6.88. The van der Waals surface area contributed by atoms with Crippen molar-refractivity contribution in [2.75, 3.05) is 0 Å². The van der Waals surface area contributed by atoms with Crippen molar-refractivity contribution < 1.29 is 0 Å². The van der Waals surface area contributed by atoms with Crippen molar-refractivity contribution in [1.29, 1.82) is 0 Å². The third-order valence-electron chi connectivity index (χ3n) is 3.29. The van der Waals surface area contributed by atoms with Crippen LogP contribution >= 0.6 is 0 Å². The summed E-state index contributed by atoms with van der Waals surface area (Å²) in [5.74, 6) is 0. The number of benzene rings is 1. The Hall–Kier alpha value is -0.820. The van der Waals surface area contributed by atoms with E-state index in [9.17, 15) is 0 Å². The van der Waals surface area contributed by atoms with Gasteiger partial charge in [0.15, 0.2) is 0 Å². The van der Waals surface area contributed by atoms with E-state index in [4.69, 9.17) is 5.73 Å². The van der Waals surface area contributed by atoms with Crippen molar-refractivity contribution >= 4 is 0 Å². The van der Waals surface area contributed by atoms with E-state index in [1.165, 1.54) is 48.8 Å². The Bertz CT molecular complexity index is 310. The largest absolute Gasteiger partial charge is 0.324 e. The normalized spacial score (nSPS) is 12.7. The van der Waals surface area contributed by atoms with E-state index >= 15 is 0 Å². The number of hydrogen-bond acceptors (Lipinski definition) is 1. The van der Waals surface area contributed by atoms with E-state index < -0.39 is 0 Å². The van der Waals surface area contributed by atoms with Crippen LogP contribution in [0.5, 0.6) is 0 Å². The van der Waals surface area contributed by atoms with Gasteiger partial charge in [-0.1, -0.05) is 68.4 Å². The predicted octanol–water partition coefficient (Wildman–Crippen LogP) is 4.66. The van der Waals surface area contributed by atoms with E-state index in [0.717, 1.165) is 6.42 Å². The van der Waals surface area contributed by atoms with E-state index in [1.807, 2.05) is 0 Å². The van der Waals surface area contributed by atoms with Gasteiger partial charge in [0.25, 0.3) is 0 Å². The Morgan fingerprint density at radius 2 is 1.53 bits per heavy atom. The lowest BCUT2D eigenvalue weighted by Gasteiger charge is -2.13. The molecule has 0 saturated carbocycles. The first-order valence-electron chi connectivity index (χ1n) is 6.97. The molecule has 0 fully saturated rings. The highest BCUT2D eigenvalue weighted by atomic mass is 14.6. The predicted molar refractivity (Wildman–Crippen MR) is 76.2 cm³/mol. The molecular formula is C16H27N. The second kappa shape index (κ2) is 7.50. The minimum atomic E-state index is 0.218. The van der Waals surface area contributed by atoms with Crippen LogP contribution in [0.25, 0.3) is 0 Å². The Morgan fingerprint density at radius 3 is 2.12 bits per heavy atom. The first kappa shape index (κ1) is 14.2. The maximum Gasteiger partial charge on any atom is 0.0295 e. The fourth-order valence-electron chi connectivity index (χ4n) is 2.36. The zero-order chi connectivity index (χ0) is 12.7. The SMILES string of the molecule is CCCCCCCC(N)c1cc(C)cc(C)c1. The van der Waals surface area contributed by atoms with Gasteiger partial charge in [0.05, 0.1) is 0 Å². The minimum absolute atomic E-state index is 0.218. The summed E-state index contributed by atoms with van der Waals surface area (Å²) in [6.45, 7) is 6.54. The number of rotatable bonds is 7. The second-order valence-electron chi connectivity index (χ2n) is 5.23. The van der Waals surface area contributed by atoms with Crippen molar-refractivity contribution in [2.45, 2.75) is 65.3 Å². The van der Waals surface area contributed by atoms with E-state index in [0.29, 0.717) is 0 Å². The van der Waals surface area contributed by atoms with Crippen LogP contribution in [0, 0.1) is 13.8 Å². The number of aryl methyl sites for hydroxylation is 2. The van der Waals surface area contributed by atoms with Gasteiger partial charge in [-0.2, -0.15) is 0 Å². The molecule has 1 heteroatoms. The van der Waals surface area contributed by atoms with E-state index in [-0.39, 0.29) is 6.04 Å². The maximum absolute atomic E-state index is 6.25. The van der Waals surface area contributed by atoms with Crippen LogP contribution in [-0.2, 0) is 0 Å². The molecule has 1 atom stereocenters. The highest BCUT2D eigenvalue weighted by Crippen LogP contribution is 2.20. The maximum atomic E-state index is 6.25. The van der Waals surface area contributed by atoms with E-state index in [1.54, 1.807) is 0 Å². The molecule has 0 bridgehead atoms. The molecule has 2 N–H and O–H groups in total. The minimum Gasteiger partial charge on any atom is -0.324 e. The average molecular weight is 233 g/mol. The molecule has 0 saturated heterocycles. The first-order valence-corrected chi connectivity index (χ1v) is 6.97. The average Bonchev–Trinajstić information content (AvgIpc) is 2.27. The van der Waals surface area contributed by atoms with Gasteiger partial charge in [0.1, 0.15) is 0 Å². The lowest BCUT2D eigenvalue weighted by atomic mass is 9.97. The topological polar surface area (TPSA) is 26.0 Å². The molecule has 0 aliphatic heterocycles. The van der Waals surface area contributed by atoms with Crippen molar-refractivity contribution in [3.8, 4) is 0 Å². The van der Waals surface area contributed by atoms with Crippen LogP contribution < -0.4 is 5.73 Å². The Kier molecular flexibility index (Phi) is 6.28. The summed E-state index contributed by atoms with van der Waals surface area (Å²) in [6.07, 6.45) is 7.73. The molecule has 0 heterocycles. The van der Waals surface area contributed by atoms with Gasteiger partial charge >= 0.3 is 0 Å². The smallest absolute Gasteiger partial charge is 0.0295 e. The third-order valence-corrected chi connectivity index (χ3v) is 3.29. The van der Waals surface area contributed by atoms with Crippen LogP contribution in [0.2, 0.25) is 0 Å². The molecule has 1 aromatic rings. The summed E-state index contributed by atoms with van der Waals surface area (Å²) >= 11 is 0. The van der Waals surface area contributed by atoms with Gasteiger partial charge in [-0.25, -0.2) is 0 Å². The molecule has 0 aliphatic carbocycles.